The SMILES string of the molecule is CCC1(CNC(=NC)NCc2ccccc2S(=O)(=O)N(C)C)CCCC1.I. The molecule has 2 rings (SSSR count). The fraction of sp³-hybridized carbons (Fsp3) is 0.632. The molecule has 1 saturated carbocycles. The van der Waals surface area contributed by atoms with Gasteiger partial charge in [0.15, 0.2) is 5.96 Å². The Labute approximate surface area is 181 Å². The van der Waals surface area contributed by atoms with Crippen molar-refractivity contribution in [3.05, 3.63) is 29.8 Å². The molecule has 0 aliphatic heterocycles. The Bertz CT molecular complexity index is 729. The number of halogens is 1. The second-order valence-corrected chi connectivity index (χ2v) is 9.36. The first-order valence-corrected chi connectivity index (χ1v) is 10.7. The van der Waals surface area contributed by atoms with Crippen molar-refractivity contribution in [3.8, 4) is 0 Å². The van der Waals surface area contributed by atoms with Gasteiger partial charge in [-0.2, -0.15) is 0 Å². The average molecular weight is 508 g/mol. The van der Waals surface area contributed by atoms with Gasteiger partial charge < -0.3 is 10.6 Å². The van der Waals surface area contributed by atoms with Crippen LogP contribution in [0.5, 0.6) is 0 Å². The van der Waals surface area contributed by atoms with Gasteiger partial charge >= 0.3 is 0 Å². The van der Waals surface area contributed by atoms with E-state index in [2.05, 4.69) is 22.5 Å². The second kappa shape index (κ2) is 10.6. The van der Waals surface area contributed by atoms with Crippen LogP contribution < -0.4 is 10.6 Å². The first-order chi connectivity index (χ1) is 12.3. The molecule has 1 fully saturated rings. The molecule has 0 amide bonds. The quantitative estimate of drug-likeness (QED) is 0.337. The van der Waals surface area contributed by atoms with Gasteiger partial charge in [-0.05, 0) is 36.3 Å². The standard InChI is InChI=1S/C19H32N4O2S.HI/c1-5-19(12-8-9-13-19)15-22-18(20-2)21-14-16-10-6-7-11-17(16)26(24,25)23(3)4;/h6-7,10-11H,5,8-9,12-15H2,1-4H3,(H2,20,21,22);1H. The van der Waals surface area contributed by atoms with Crippen molar-refractivity contribution in [2.45, 2.75) is 50.5 Å². The van der Waals surface area contributed by atoms with Crippen molar-refractivity contribution < 1.29 is 8.42 Å². The fourth-order valence-corrected chi connectivity index (χ4v) is 4.66. The van der Waals surface area contributed by atoms with Gasteiger partial charge in [0.2, 0.25) is 10.0 Å². The smallest absolute Gasteiger partial charge is 0.242 e. The van der Waals surface area contributed by atoms with Crippen LogP contribution in [0, 0.1) is 5.41 Å². The number of hydrogen-bond donors (Lipinski definition) is 2. The van der Waals surface area contributed by atoms with Gasteiger partial charge in [-0.3, -0.25) is 4.99 Å². The van der Waals surface area contributed by atoms with Crippen LogP contribution >= 0.6 is 24.0 Å². The summed E-state index contributed by atoms with van der Waals surface area (Å²) in [5.41, 5.74) is 1.10. The monoisotopic (exact) mass is 508 g/mol. The van der Waals surface area contributed by atoms with E-state index in [1.165, 1.54) is 36.4 Å². The molecule has 0 spiro atoms. The third-order valence-corrected chi connectivity index (χ3v) is 7.36. The van der Waals surface area contributed by atoms with E-state index in [1.54, 1.807) is 33.3 Å². The zero-order valence-corrected chi connectivity index (χ0v) is 19.9. The zero-order chi connectivity index (χ0) is 19.2. The normalized spacial score (nSPS) is 16.9. The number of nitrogens with zero attached hydrogens (tertiary/aromatic N) is 2. The molecule has 6 nitrogen and oxygen atoms in total. The van der Waals surface area contributed by atoms with Gasteiger partial charge in [-0.15, -0.1) is 24.0 Å². The number of hydrogen-bond acceptors (Lipinski definition) is 3. The Morgan fingerprint density at radius 2 is 1.81 bits per heavy atom. The van der Waals surface area contributed by atoms with E-state index in [-0.39, 0.29) is 24.0 Å². The van der Waals surface area contributed by atoms with Crippen LogP contribution in [0.4, 0.5) is 0 Å². The summed E-state index contributed by atoms with van der Waals surface area (Å²) in [5, 5.41) is 6.69. The van der Waals surface area contributed by atoms with Crippen molar-refractivity contribution >= 4 is 40.0 Å². The summed E-state index contributed by atoms with van der Waals surface area (Å²) in [4.78, 5) is 4.62. The molecule has 154 valence electrons. The lowest BCUT2D eigenvalue weighted by Crippen LogP contribution is -2.42. The Morgan fingerprint density at radius 1 is 1.19 bits per heavy atom. The van der Waals surface area contributed by atoms with Crippen LogP contribution in [0.15, 0.2) is 34.2 Å². The van der Waals surface area contributed by atoms with E-state index < -0.39 is 10.0 Å². The van der Waals surface area contributed by atoms with Gasteiger partial charge in [0.05, 0.1) is 4.90 Å². The van der Waals surface area contributed by atoms with Gasteiger partial charge in [0, 0.05) is 34.2 Å². The molecule has 8 heteroatoms. The lowest BCUT2D eigenvalue weighted by molar-refractivity contribution is 0.283. The van der Waals surface area contributed by atoms with Crippen LogP contribution in [-0.2, 0) is 16.6 Å². The molecule has 0 aromatic heterocycles. The summed E-state index contributed by atoms with van der Waals surface area (Å²) < 4.78 is 26.2. The molecule has 0 bridgehead atoms. The van der Waals surface area contributed by atoms with E-state index in [0.29, 0.717) is 22.8 Å². The largest absolute Gasteiger partial charge is 0.356 e. The second-order valence-electron chi connectivity index (χ2n) is 7.24. The number of guanidine groups is 1. The average Bonchev–Trinajstić information content (AvgIpc) is 3.11. The first-order valence-electron chi connectivity index (χ1n) is 9.29. The summed E-state index contributed by atoms with van der Waals surface area (Å²) >= 11 is 0. The lowest BCUT2D eigenvalue weighted by Gasteiger charge is -2.28. The number of rotatable bonds is 7. The highest BCUT2D eigenvalue weighted by Crippen LogP contribution is 2.40. The van der Waals surface area contributed by atoms with Crippen molar-refractivity contribution in [3.63, 3.8) is 0 Å². The Morgan fingerprint density at radius 3 is 2.37 bits per heavy atom. The molecule has 2 N–H and O–H groups in total. The minimum Gasteiger partial charge on any atom is -0.356 e. The highest BCUT2D eigenvalue weighted by molar-refractivity contribution is 14.0. The predicted molar refractivity (Wildman–Crippen MR) is 122 cm³/mol. The highest BCUT2D eigenvalue weighted by Gasteiger charge is 2.31. The summed E-state index contributed by atoms with van der Waals surface area (Å²) in [6, 6.07) is 7.08. The predicted octanol–water partition coefficient (Wildman–Crippen LogP) is 3.19. The van der Waals surface area contributed by atoms with Crippen LogP contribution in [0.2, 0.25) is 0 Å². The molecule has 0 heterocycles. The maximum Gasteiger partial charge on any atom is 0.242 e. The minimum atomic E-state index is -3.47. The maximum absolute atomic E-state index is 12.5. The Balaban J connectivity index is 0.00000364. The minimum absolute atomic E-state index is 0. The number of sulfonamides is 1. The topological polar surface area (TPSA) is 73.8 Å². The number of nitrogens with one attached hydrogen (secondary N) is 2. The number of aliphatic imine (C=N–C) groups is 1. The van der Waals surface area contributed by atoms with Gasteiger partial charge in [0.1, 0.15) is 0 Å². The zero-order valence-electron chi connectivity index (χ0n) is 16.8. The third kappa shape index (κ3) is 6.05. The first kappa shape index (κ1) is 24.2. The molecule has 0 saturated heterocycles. The summed E-state index contributed by atoms with van der Waals surface area (Å²) in [6.07, 6.45) is 6.30. The van der Waals surface area contributed by atoms with Gasteiger partial charge in [-0.25, -0.2) is 12.7 Å². The van der Waals surface area contributed by atoms with Gasteiger partial charge in [0.25, 0.3) is 0 Å². The molecule has 27 heavy (non-hydrogen) atoms. The van der Waals surface area contributed by atoms with Gasteiger partial charge in [-0.1, -0.05) is 38.0 Å². The molecule has 0 radical (unpaired) electrons. The fourth-order valence-electron chi connectivity index (χ4n) is 3.55. The molecule has 1 aliphatic carbocycles. The lowest BCUT2D eigenvalue weighted by atomic mass is 9.83. The van der Waals surface area contributed by atoms with Crippen molar-refractivity contribution in [1.82, 2.24) is 14.9 Å². The van der Waals surface area contributed by atoms with Crippen molar-refractivity contribution in [2.24, 2.45) is 10.4 Å². The molecular weight excluding hydrogens is 475 g/mol. The molecular formula is C19H33IN4O2S. The van der Waals surface area contributed by atoms with E-state index >= 15 is 0 Å². The van der Waals surface area contributed by atoms with E-state index in [4.69, 9.17) is 0 Å². The molecule has 0 unspecified atom stereocenters. The van der Waals surface area contributed by atoms with Crippen molar-refractivity contribution in [1.29, 1.82) is 0 Å². The van der Waals surface area contributed by atoms with E-state index in [1.807, 2.05) is 12.1 Å². The van der Waals surface area contributed by atoms with E-state index in [0.717, 1.165) is 12.1 Å². The van der Waals surface area contributed by atoms with Crippen LogP contribution in [0.25, 0.3) is 0 Å². The third-order valence-electron chi connectivity index (χ3n) is 5.45. The van der Waals surface area contributed by atoms with Crippen molar-refractivity contribution in [2.75, 3.05) is 27.7 Å². The maximum atomic E-state index is 12.5. The molecule has 0 atom stereocenters. The summed E-state index contributed by atoms with van der Waals surface area (Å²) in [5.74, 6) is 0.710. The Kier molecular flexibility index (Phi) is 9.50. The Hall–Kier alpha value is -0.870. The van der Waals surface area contributed by atoms with Crippen LogP contribution in [0.3, 0.4) is 0 Å². The number of benzene rings is 1. The summed E-state index contributed by atoms with van der Waals surface area (Å²) in [7, 11) is 1.37. The van der Waals surface area contributed by atoms with Crippen LogP contribution in [0.1, 0.15) is 44.6 Å². The molecule has 1 aromatic rings. The summed E-state index contributed by atoms with van der Waals surface area (Å²) in [6.45, 7) is 3.56. The molecule has 1 aliphatic rings. The van der Waals surface area contributed by atoms with Crippen LogP contribution in [-0.4, -0.2) is 46.4 Å². The van der Waals surface area contributed by atoms with E-state index in [9.17, 15) is 8.42 Å². The molecule has 1 aromatic carbocycles. The highest BCUT2D eigenvalue weighted by atomic mass is 127.